The van der Waals surface area contributed by atoms with Crippen molar-refractivity contribution in [1.29, 1.82) is 0 Å². The molecule has 0 saturated carbocycles. The summed E-state index contributed by atoms with van der Waals surface area (Å²) < 4.78 is 31.7. The van der Waals surface area contributed by atoms with E-state index in [9.17, 15) is 18.0 Å². The number of carboxylic acid groups (broad SMARTS) is 1. The molecule has 1 spiro atoms. The van der Waals surface area contributed by atoms with E-state index in [0.717, 1.165) is 56.8 Å². The smallest absolute Gasteiger partial charge is 0.475 e. The number of carboxylic acids is 1. The average Bonchev–Trinajstić information content (AvgIpc) is 3.32. The Kier molecular flexibility index (Phi) is 6.77. The monoisotopic (exact) mass is 441 g/mol. The predicted molar refractivity (Wildman–Crippen MR) is 106 cm³/mol. The summed E-state index contributed by atoms with van der Waals surface area (Å²) in [4.78, 5) is 30.8. The molecule has 0 aromatic carbocycles. The molecule has 2 aliphatic rings. The lowest BCUT2D eigenvalue weighted by Gasteiger charge is -2.38. The number of piperidine rings is 1. The topological polar surface area (TPSA) is 73.7 Å². The van der Waals surface area contributed by atoms with Crippen molar-refractivity contribution >= 4 is 28.9 Å². The van der Waals surface area contributed by atoms with Crippen LogP contribution in [0.3, 0.4) is 0 Å². The number of hydrogen-bond donors (Lipinski definition) is 1. The highest BCUT2D eigenvalue weighted by molar-refractivity contribution is 7.08. The molecular formula is C20H22F3N3O3S. The van der Waals surface area contributed by atoms with Gasteiger partial charge in [-0.15, -0.1) is 0 Å². The lowest BCUT2D eigenvalue weighted by molar-refractivity contribution is -0.192. The van der Waals surface area contributed by atoms with E-state index in [2.05, 4.69) is 27.4 Å². The van der Waals surface area contributed by atoms with Gasteiger partial charge in [0.05, 0.1) is 16.8 Å². The molecule has 2 aromatic heterocycles. The van der Waals surface area contributed by atoms with E-state index < -0.39 is 12.1 Å². The highest BCUT2D eigenvalue weighted by atomic mass is 32.1. The van der Waals surface area contributed by atoms with Crippen LogP contribution < -0.4 is 4.90 Å². The van der Waals surface area contributed by atoms with Gasteiger partial charge in [-0.25, -0.2) is 4.79 Å². The Morgan fingerprint density at radius 2 is 2.00 bits per heavy atom. The van der Waals surface area contributed by atoms with Crippen molar-refractivity contribution < 1.29 is 27.9 Å². The molecule has 1 unspecified atom stereocenters. The molecule has 2 aromatic rings. The molecule has 0 aliphatic carbocycles. The van der Waals surface area contributed by atoms with Crippen LogP contribution in [0.2, 0.25) is 0 Å². The second-order valence-corrected chi connectivity index (χ2v) is 8.19. The minimum absolute atomic E-state index is 0.186. The van der Waals surface area contributed by atoms with Crippen molar-refractivity contribution in [3.8, 4) is 0 Å². The van der Waals surface area contributed by atoms with E-state index in [4.69, 9.17) is 9.90 Å². The fraction of sp³-hybridized carbons (Fsp3) is 0.450. The van der Waals surface area contributed by atoms with E-state index >= 15 is 0 Å². The number of anilines is 1. The van der Waals surface area contributed by atoms with E-state index in [0.29, 0.717) is 5.91 Å². The highest BCUT2D eigenvalue weighted by Gasteiger charge is 2.49. The Morgan fingerprint density at radius 3 is 2.60 bits per heavy atom. The Labute approximate surface area is 175 Å². The van der Waals surface area contributed by atoms with Crippen molar-refractivity contribution in [3.05, 3.63) is 46.9 Å². The van der Waals surface area contributed by atoms with Gasteiger partial charge in [-0.1, -0.05) is 6.07 Å². The lowest BCUT2D eigenvalue weighted by Crippen LogP contribution is -2.47. The van der Waals surface area contributed by atoms with Crippen molar-refractivity contribution in [2.24, 2.45) is 5.41 Å². The van der Waals surface area contributed by atoms with Gasteiger partial charge in [-0.2, -0.15) is 24.5 Å². The summed E-state index contributed by atoms with van der Waals surface area (Å²) >= 11 is 1.65. The normalized spacial score (nSPS) is 22.1. The molecule has 4 heterocycles. The molecule has 2 aliphatic heterocycles. The predicted octanol–water partition coefficient (Wildman–Crippen LogP) is 3.80. The molecule has 1 amide bonds. The van der Waals surface area contributed by atoms with Gasteiger partial charge < -0.3 is 10.0 Å². The molecule has 4 rings (SSSR count). The number of aromatic nitrogens is 1. The number of alkyl halides is 3. The average molecular weight is 441 g/mol. The number of rotatable bonds is 3. The summed E-state index contributed by atoms with van der Waals surface area (Å²) in [6, 6.07) is 8.09. The number of carbonyl (C=O) groups is 2. The van der Waals surface area contributed by atoms with Crippen LogP contribution in [0.4, 0.5) is 18.9 Å². The van der Waals surface area contributed by atoms with E-state index in [1.54, 1.807) is 11.3 Å². The maximum Gasteiger partial charge on any atom is 0.490 e. The van der Waals surface area contributed by atoms with E-state index in [1.807, 2.05) is 28.6 Å². The van der Waals surface area contributed by atoms with Gasteiger partial charge >= 0.3 is 12.1 Å². The van der Waals surface area contributed by atoms with E-state index in [-0.39, 0.29) is 5.41 Å². The zero-order valence-electron chi connectivity index (χ0n) is 16.1. The fourth-order valence-corrected chi connectivity index (χ4v) is 4.58. The quantitative estimate of drug-likeness (QED) is 0.785. The second kappa shape index (κ2) is 9.13. The Morgan fingerprint density at radius 1 is 1.23 bits per heavy atom. The standard InChI is InChI=1S/C18H21N3OS.C2HF3O2/c22-17-18(7-10-21(17)16-5-11-23-13-16)6-3-9-20(14-18)12-15-4-1-2-8-19-15;3-2(4,5)1(6)7/h1-2,4-5,8,11,13H,3,6-7,9-10,12,14H2;(H,6,7). The van der Waals surface area contributed by atoms with Crippen LogP contribution in [0.25, 0.3) is 0 Å². The first-order chi connectivity index (χ1) is 14.2. The minimum Gasteiger partial charge on any atom is -0.475 e. The Bertz CT molecular complexity index is 861. The maximum atomic E-state index is 13.1. The number of likely N-dealkylation sites (tertiary alicyclic amines) is 1. The molecule has 0 radical (unpaired) electrons. The van der Waals surface area contributed by atoms with Gasteiger partial charge in [0, 0.05) is 31.2 Å². The molecule has 1 atom stereocenters. The summed E-state index contributed by atoms with van der Waals surface area (Å²) in [5.41, 5.74) is 1.97. The minimum atomic E-state index is -5.08. The third-order valence-electron chi connectivity index (χ3n) is 5.34. The first-order valence-electron chi connectivity index (χ1n) is 9.48. The van der Waals surface area contributed by atoms with Crippen molar-refractivity contribution in [3.63, 3.8) is 0 Å². The summed E-state index contributed by atoms with van der Waals surface area (Å²) in [5.74, 6) is -2.44. The van der Waals surface area contributed by atoms with Crippen molar-refractivity contribution in [1.82, 2.24) is 9.88 Å². The number of thiophene rings is 1. The van der Waals surface area contributed by atoms with Crippen LogP contribution in [-0.4, -0.2) is 52.7 Å². The van der Waals surface area contributed by atoms with Crippen LogP contribution in [0.15, 0.2) is 41.2 Å². The number of hydrogen-bond acceptors (Lipinski definition) is 5. The Balaban J connectivity index is 0.000000318. The van der Waals surface area contributed by atoms with Crippen molar-refractivity contribution in [2.75, 3.05) is 24.5 Å². The molecule has 0 bridgehead atoms. The number of pyridine rings is 1. The van der Waals surface area contributed by atoms with Gasteiger partial charge in [0.15, 0.2) is 0 Å². The molecular weight excluding hydrogens is 419 g/mol. The van der Waals surface area contributed by atoms with E-state index in [1.165, 1.54) is 0 Å². The number of amides is 1. The summed E-state index contributed by atoms with van der Waals surface area (Å²) in [7, 11) is 0. The molecule has 2 fully saturated rings. The lowest BCUT2D eigenvalue weighted by atomic mass is 9.78. The summed E-state index contributed by atoms with van der Waals surface area (Å²) in [6.45, 7) is 3.62. The van der Waals surface area contributed by atoms with Gasteiger partial charge in [-0.05, 0) is 49.4 Å². The maximum absolute atomic E-state index is 13.1. The van der Waals surface area contributed by atoms with Crippen molar-refractivity contribution in [2.45, 2.75) is 32.0 Å². The number of nitrogens with zero attached hydrogens (tertiary/aromatic N) is 3. The number of carbonyl (C=O) groups excluding carboxylic acids is 1. The fourth-order valence-electron chi connectivity index (χ4n) is 3.94. The zero-order chi connectivity index (χ0) is 21.8. The van der Waals surface area contributed by atoms with Crippen LogP contribution in [0, 0.1) is 5.41 Å². The molecule has 10 heteroatoms. The largest absolute Gasteiger partial charge is 0.490 e. The molecule has 2 saturated heterocycles. The van der Waals surface area contributed by atoms with Gasteiger partial charge in [0.1, 0.15) is 0 Å². The number of aliphatic carboxylic acids is 1. The van der Waals surface area contributed by atoms with Crippen LogP contribution in [0.1, 0.15) is 25.0 Å². The second-order valence-electron chi connectivity index (χ2n) is 7.41. The van der Waals surface area contributed by atoms with Gasteiger partial charge in [0.25, 0.3) is 0 Å². The van der Waals surface area contributed by atoms with Gasteiger partial charge in [0.2, 0.25) is 5.91 Å². The van der Waals surface area contributed by atoms with Crippen LogP contribution in [-0.2, 0) is 16.1 Å². The highest BCUT2D eigenvalue weighted by Crippen LogP contribution is 2.42. The summed E-state index contributed by atoms with van der Waals surface area (Å²) in [5, 5.41) is 11.2. The SMILES string of the molecule is O=C(O)C(F)(F)F.O=C1N(c2ccsc2)CCC12CCCN(Cc1ccccn1)C2. The number of halogens is 3. The molecule has 30 heavy (non-hydrogen) atoms. The summed E-state index contributed by atoms with van der Waals surface area (Å²) in [6.07, 6.45) is -0.157. The molecule has 1 N–H and O–H groups in total. The zero-order valence-corrected chi connectivity index (χ0v) is 17.0. The molecule has 162 valence electrons. The first-order valence-corrected chi connectivity index (χ1v) is 10.4. The third-order valence-corrected chi connectivity index (χ3v) is 6.01. The Hall–Kier alpha value is -2.46. The molecule has 6 nitrogen and oxygen atoms in total. The van der Waals surface area contributed by atoms with Crippen LogP contribution >= 0.6 is 11.3 Å². The third kappa shape index (κ3) is 5.17. The van der Waals surface area contributed by atoms with Crippen LogP contribution in [0.5, 0.6) is 0 Å². The first kappa shape index (κ1) is 22.2. The van der Waals surface area contributed by atoms with Gasteiger partial charge in [-0.3, -0.25) is 14.7 Å².